The second kappa shape index (κ2) is 9.67. The fourth-order valence-electron chi connectivity index (χ4n) is 4.01. The Balaban J connectivity index is 1.57. The lowest BCUT2D eigenvalue weighted by atomic mass is 10.0. The van der Waals surface area contributed by atoms with Gasteiger partial charge in [-0.05, 0) is 44.0 Å². The van der Waals surface area contributed by atoms with Gasteiger partial charge in [0.1, 0.15) is 0 Å². The molecule has 1 unspecified atom stereocenters. The van der Waals surface area contributed by atoms with Crippen LogP contribution in [0.2, 0.25) is 0 Å². The SMILES string of the molecule is CCCN1CCCCC1C(=O)N1CCN(S(=O)(=O)/C=C/c2ccccc2)CC1. The maximum absolute atomic E-state index is 13.0. The number of rotatable bonds is 6. The van der Waals surface area contributed by atoms with Gasteiger partial charge in [-0.15, -0.1) is 0 Å². The molecule has 28 heavy (non-hydrogen) atoms. The Labute approximate surface area is 168 Å². The van der Waals surface area contributed by atoms with Crippen molar-refractivity contribution in [3.8, 4) is 0 Å². The molecular weight excluding hydrogens is 374 g/mol. The van der Waals surface area contributed by atoms with Crippen LogP contribution in [0, 0.1) is 0 Å². The minimum atomic E-state index is -3.47. The van der Waals surface area contributed by atoms with Gasteiger partial charge in [0.25, 0.3) is 0 Å². The number of amides is 1. The van der Waals surface area contributed by atoms with Crippen molar-refractivity contribution in [2.75, 3.05) is 39.3 Å². The van der Waals surface area contributed by atoms with Gasteiger partial charge >= 0.3 is 0 Å². The zero-order valence-corrected chi connectivity index (χ0v) is 17.5. The molecule has 2 heterocycles. The van der Waals surface area contributed by atoms with E-state index >= 15 is 0 Å². The predicted octanol–water partition coefficient (Wildman–Crippen LogP) is 2.40. The Kier molecular flexibility index (Phi) is 7.26. The molecule has 2 fully saturated rings. The summed E-state index contributed by atoms with van der Waals surface area (Å²) in [6.45, 7) is 5.73. The summed E-state index contributed by atoms with van der Waals surface area (Å²) in [6.07, 6.45) is 5.83. The number of hydrogen-bond acceptors (Lipinski definition) is 4. The van der Waals surface area contributed by atoms with E-state index in [-0.39, 0.29) is 11.9 Å². The maximum Gasteiger partial charge on any atom is 0.240 e. The average Bonchev–Trinajstić information content (AvgIpc) is 2.73. The lowest BCUT2D eigenvalue weighted by molar-refractivity contribution is -0.139. The summed E-state index contributed by atoms with van der Waals surface area (Å²) in [6, 6.07) is 9.36. The molecule has 0 N–H and O–H groups in total. The van der Waals surface area contributed by atoms with Crippen LogP contribution in [-0.2, 0) is 14.8 Å². The molecule has 7 heteroatoms. The summed E-state index contributed by atoms with van der Waals surface area (Å²) in [5.41, 5.74) is 0.855. The van der Waals surface area contributed by atoms with Gasteiger partial charge in [0, 0.05) is 31.6 Å². The van der Waals surface area contributed by atoms with E-state index in [1.165, 1.54) is 9.71 Å². The van der Waals surface area contributed by atoms with Crippen LogP contribution >= 0.6 is 0 Å². The van der Waals surface area contributed by atoms with E-state index in [4.69, 9.17) is 0 Å². The Morgan fingerprint density at radius 3 is 2.46 bits per heavy atom. The van der Waals surface area contributed by atoms with Crippen LogP contribution in [0.1, 0.15) is 38.2 Å². The third-order valence-electron chi connectivity index (χ3n) is 5.55. The molecule has 2 aliphatic heterocycles. The Hall–Kier alpha value is -1.70. The molecule has 0 spiro atoms. The van der Waals surface area contributed by atoms with Crippen molar-refractivity contribution in [2.24, 2.45) is 0 Å². The fraction of sp³-hybridized carbons (Fsp3) is 0.571. The molecule has 1 amide bonds. The number of benzene rings is 1. The molecule has 0 radical (unpaired) electrons. The summed E-state index contributed by atoms with van der Waals surface area (Å²) in [5.74, 6) is 0.171. The first-order valence-corrected chi connectivity index (χ1v) is 11.8. The minimum absolute atomic E-state index is 0.0326. The van der Waals surface area contributed by atoms with E-state index in [0.717, 1.165) is 44.3 Å². The molecule has 0 aliphatic carbocycles. The van der Waals surface area contributed by atoms with Crippen molar-refractivity contribution in [2.45, 2.75) is 38.6 Å². The molecule has 3 rings (SSSR count). The van der Waals surface area contributed by atoms with Crippen molar-refractivity contribution in [1.29, 1.82) is 0 Å². The highest BCUT2D eigenvalue weighted by Crippen LogP contribution is 2.21. The number of nitrogens with zero attached hydrogens (tertiary/aromatic N) is 3. The van der Waals surface area contributed by atoms with Crippen LogP contribution in [-0.4, -0.2) is 73.7 Å². The number of carbonyl (C=O) groups excluding carboxylic acids is 1. The molecule has 2 saturated heterocycles. The van der Waals surface area contributed by atoms with E-state index < -0.39 is 10.0 Å². The topological polar surface area (TPSA) is 60.9 Å². The second-order valence-corrected chi connectivity index (χ2v) is 9.35. The van der Waals surface area contributed by atoms with Gasteiger partial charge in [-0.25, -0.2) is 8.42 Å². The van der Waals surface area contributed by atoms with Crippen molar-refractivity contribution in [3.63, 3.8) is 0 Å². The van der Waals surface area contributed by atoms with Gasteiger partial charge in [-0.1, -0.05) is 43.7 Å². The Bertz CT molecular complexity index is 769. The first kappa shape index (κ1) is 21.0. The van der Waals surface area contributed by atoms with E-state index in [2.05, 4.69) is 11.8 Å². The smallest absolute Gasteiger partial charge is 0.240 e. The zero-order chi connectivity index (χ0) is 20.0. The van der Waals surface area contributed by atoms with Crippen molar-refractivity contribution < 1.29 is 13.2 Å². The largest absolute Gasteiger partial charge is 0.339 e. The van der Waals surface area contributed by atoms with Gasteiger partial charge in [-0.2, -0.15) is 4.31 Å². The highest BCUT2D eigenvalue weighted by Gasteiger charge is 2.34. The third kappa shape index (κ3) is 5.21. The first-order chi connectivity index (χ1) is 13.5. The van der Waals surface area contributed by atoms with Crippen LogP contribution in [0.3, 0.4) is 0 Å². The van der Waals surface area contributed by atoms with Crippen molar-refractivity contribution in [1.82, 2.24) is 14.1 Å². The standard InChI is InChI=1S/C21H31N3O3S/c1-2-12-22-13-7-6-10-20(22)21(25)23-14-16-24(17-15-23)28(26,27)18-11-19-8-4-3-5-9-19/h3-5,8-9,11,18,20H,2,6-7,10,12-17H2,1H3/b18-11+. The van der Waals surface area contributed by atoms with Crippen molar-refractivity contribution in [3.05, 3.63) is 41.3 Å². The summed E-state index contributed by atoms with van der Waals surface area (Å²) in [7, 11) is -3.47. The number of piperidine rings is 1. The average molecular weight is 406 g/mol. The van der Waals surface area contributed by atoms with Gasteiger partial charge in [0.05, 0.1) is 6.04 Å². The molecule has 6 nitrogen and oxygen atoms in total. The maximum atomic E-state index is 13.0. The molecule has 0 saturated carbocycles. The zero-order valence-electron chi connectivity index (χ0n) is 16.7. The third-order valence-corrected chi connectivity index (χ3v) is 7.12. The summed E-state index contributed by atoms with van der Waals surface area (Å²) in [5, 5.41) is 1.27. The normalized spacial score (nSPS) is 22.6. The number of likely N-dealkylation sites (tertiary alicyclic amines) is 1. The van der Waals surface area contributed by atoms with Gasteiger partial charge in [0.15, 0.2) is 0 Å². The molecule has 1 aromatic rings. The minimum Gasteiger partial charge on any atom is -0.339 e. The predicted molar refractivity (Wildman–Crippen MR) is 112 cm³/mol. The number of sulfonamides is 1. The second-order valence-electron chi connectivity index (χ2n) is 7.53. The molecule has 1 atom stereocenters. The van der Waals surface area contributed by atoms with Crippen LogP contribution in [0.4, 0.5) is 0 Å². The highest BCUT2D eigenvalue weighted by molar-refractivity contribution is 7.92. The lowest BCUT2D eigenvalue weighted by Gasteiger charge is -2.40. The molecule has 2 aliphatic rings. The van der Waals surface area contributed by atoms with Crippen LogP contribution in [0.15, 0.2) is 35.7 Å². The first-order valence-electron chi connectivity index (χ1n) is 10.3. The number of hydrogen-bond donors (Lipinski definition) is 0. The number of carbonyl (C=O) groups is 1. The Morgan fingerprint density at radius 1 is 1.07 bits per heavy atom. The fourth-order valence-corrected chi connectivity index (χ4v) is 5.19. The van der Waals surface area contributed by atoms with E-state index in [9.17, 15) is 13.2 Å². The van der Waals surface area contributed by atoms with Crippen LogP contribution in [0.25, 0.3) is 6.08 Å². The molecule has 0 aromatic heterocycles. The quantitative estimate of drug-likeness (QED) is 0.729. The summed E-state index contributed by atoms with van der Waals surface area (Å²) in [4.78, 5) is 17.2. The lowest BCUT2D eigenvalue weighted by Crippen LogP contribution is -2.56. The highest BCUT2D eigenvalue weighted by atomic mass is 32.2. The van der Waals surface area contributed by atoms with Gasteiger partial charge < -0.3 is 4.90 Å². The van der Waals surface area contributed by atoms with E-state index in [0.29, 0.717) is 26.2 Å². The Morgan fingerprint density at radius 2 is 1.79 bits per heavy atom. The van der Waals surface area contributed by atoms with Gasteiger partial charge in [-0.3, -0.25) is 9.69 Å². The van der Waals surface area contributed by atoms with E-state index in [1.54, 1.807) is 6.08 Å². The molecular formula is C21H31N3O3S. The molecule has 1 aromatic carbocycles. The van der Waals surface area contributed by atoms with E-state index in [1.807, 2.05) is 35.2 Å². The van der Waals surface area contributed by atoms with Gasteiger partial charge in [0.2, 0.25) is 15.9 Å². The monoisotopic (exact) mass is 405 g/mol. The summed E-state index contributed by atoms with van der Waals surface area (Å²) < 4.78 is 26.7. The number of piperazine rings is 1. The molecule has 154 valence electrons. The van der Waals surface area contributed by atoms with Crippen LogP contribution < -0.4 is 0 Å². The molecule has 0 bridgehead atoms. The summed E-state index contributed by atoms with van der Waals surface area (Å²) >= 11 is 0. The van der Waals surface area contributed by atoms with Crippen molar-refractivity contribution >= 4 is 22.0 Å². The van der Waals surface area contributed by atoms with Crippen LogP contribution in [0.5, 0.6) is 0 Å².